The Labute approximate surface area is 194 Å². The molecule has 0 aromatic heterocycles. The predicted molar refractivity (Wildman–Crippen MR) is 122 cm³/mol. The lowest BCUT2D eigenvalue weighted by atomic mass is 10.0. The molecule has 1 unspecified atom stereocenters. The van der Waals surface area contributed by atoms with Crippen LogP contribution in [0.3, 0.4) is 0 Å². The van der Waals surface area contributed by atoms with E-state index in [1.807, 2.05) is 18.2 Å². The Morgan fingerprint density at radius 1 is 1.36 bits per heavy atom. The molecule has 1 heterocycles. The lowest BCUT2D eigenvalue weighted by Crippen LogP contribution is -2.46. The Bertz CT molecular complexity index is 1120. The number of carbonyl (C=O) groups is 1. The summed E-state index contributed by atoms with van der Waals surface area (Å²) in [6.45, 7) is 1.69. The fourth-order valence-corrected chi connectivity index (χ4v) is 4.64. The summed E-state index contributed by atoms with van der Waals surface area (Å²) in [5.41, 5.74) is 6.30. The quantitative estimate of drug-likeness (QED) is 0.277. The molecule has 11 heteroatoms. The highest BCUT2D eigenvalue weighted by atomic mass is 32.2. The average Bonchev–Trinajstić information content (AvgIpc) is 3.20. The normalized spacial score (nSPS) is 19.1. The van der Waals surface area contributed by atoms with Gasteiger partial charge in [0.1, 0.15) is 27.7 Å². The number of thioether (sulfide) groups is 1. The minimum absolute atomic E-state index is 0.0603. The van der Waals surface area contributed by atoms with E-state index >= 15 is 0 Å². The number of guanidine groups is 1. The molecule has 0 saturated carbocycles. The first-order valence-electron chi connectivity index (χ1n) is 9.93. The molecule has 0 fully saturated rings. The first kappa shape index (κ1) is 24.2. The SMILES string of the molecule is CO[C@@H](C)C(=O)N1N=C(c2cc(F)ccc2F)SC1(CCN=C(N)NC#N)c1ccccc1. The fraction of sp³-hybridized carbons (Fsp3) is 0.273. The molecule has 0 saturated heterocycles. The molecule has 3 N–H and O–H groups in total. The molecular formula is C22H22F2N6O2S. The van der Waals surface area contributed by atoms with Crippen LogP contribution in [0.2, 0.25) is 0 Å². The van der Waals surface area contributed by atoms with Crippen LogP contribution in [-0.4, -0.2) is 41.7 Å². The number of ether oxygens (including phenoxy) is 1. The van der Waals surface area contributed by atoms with Crippen molar-refractivity contribution in [1.82, 2.24) is 10.3 Å². The van der Waals surface area contributed by atoms with Gasteiger partial charge in [0.05, 0.1) is 0 Å². The summed E-state index contributed by atoms with van der Waals surface area (Å²) in [6.07, 6.45) is 1.05. The minimum Gasteiger partial charge on any atom is -0.372 e. The maximum atomic E-state index is 14.6. The number of hydrazone groups is 1. The lowest BCUT2D eigenvalue weighted by Gasteiger charge is -2.36. The first-order valence-corrected chi connectivity index (χ1v) is 10.7. The van der Waals surface area contributed by atoms with Gasteiger partial charge in [-0.25, -0.2) is 13.8 Å². The first-order chi connectivity index (χ1) is 15.8. The molecular weight excluding hydrogens is 450 g/mol. The zero-order valence-corrected chi connectivity index (χ0v) is 18.8. The van der Waals surface area contributed by atoms with E-state index < -0.39 is 28.5 Å². The molecule has 8 nitrogen and oxygen atoms in total. The Morgan fingerprint density at radius 2 is 2.09 bits per heavy atom. The summed E-state index contributed by atoms with van der Waals surface area (Å²) in [5, 5.41) is 16.8. The standard InChI is InChI=1S/C22H22F2N6O2S/c1-14(32-2)20(31)30-22(15-6-4-3-5-7-15,10-11-27-21(26)28-13-25)33-19(29-30)17-12-16(23)8-9-18(17)24/h3-9,12,14H,10-11H2,1-2H3,(H3,26,27,28)/t14-,22?/m0/s1. The van der Waals surface area contributed by atoms with E-state index in [0.717, 1.165) is 30.0 Å². The average molecular weight is 473 g/mol. The van der Waals surface area contributed by atoms with Gasteiger partial charge in [0, 0.05) is 25.6 Å². The molecule has 1 aliphatic rings. The van der Waals surface area contributed by atoms with Crippen LogP contribution in [0.25, 0.3) is 0 Å². The van der Waals surface area contributed by atoms with Gasteiger partial charge in [0.15, 0.2) is 6.19 Å². The summed E-state index contributed by atoms with van der Waals surface area (Å²) in [5.74, 6) is -1.84. The molecule has 33 heavy (non-hydrogen) atoms. The number of aliphatic imine (C=N–C) groups is 1. The molecule has 1 amide bonds. The largest absolute Gasteiger partial charge is 0.372 e. The van der Waals surface area contributed by atoms with Crippen LogP contribution < -0.4 is 11.1 Å². The third-order valence-corrected chi connectivity index (χ3v) is 6.45. The number of hydrogen-bond donors (Lipinski definition) is 2. The number of hydrogen-bond acceptors (Lipinski definition) is 6. The topological polar surface area (TPSA) is 116 Å². The van der Waals surface area contributed by atoms with E-state index in [-0.39, 0.29) is 29.5 Å². The number of rotatable bonds is 7. The van der Waals surface area contributed by atoms with Crippen LogP contribution in [0.1, 0.15) is 24.5 Å². The van der Waals surface area contributed by atoms with Gasteiger partial charge in [-0.2, -0.15) is 10.4 Å². The summed E-state index contributed by atoms with van der Waals surface area (Å²) in [7, 11) is 1.39. The Balaban J connectivity index is 2.12. The zero-order valence-electron chi connectivity index (χ0n) is 18.0. The number of halogens is 2. The number of carbonyl (C=O) groups excluding carboxylic acids is 1. The van der Waals surface area contributed by atoms with Crippen LogP contribution in [0.5, 0.6) is 0 Å². The van der Waals surface area contributed by atoms with E-state index in [1.165, 1.54) is 12.1 Å². The second-order valence-electron chi connectivity index (χ2n) is 7.06. The van der Waals surface area contributed by atoms with Gasteiger partial charge in [-0.3, -0.25) is 15.1 Å². The van der Waals surface area contributed by atoms with Gasteiger partial charge in [0.25, 0.3) is 5.91 Å². The maximum absolute atomic E-state index is 14.6. The van der Waals surface area contributed by atoms with Crippen molar-refractivity contribution in [3.05, 3.63) is 71.3 Å². The van der Waals surface area contributed by atoms with Crippen LogP contribution in [-0.2, 0) is 14.4 Å². The third kappa shape index (κ3) is 5.13. The van der Waals surface area contributed by atoms with E-state index in [1.54, 1.807) is 25.2 Å². The summed E-state index contributed by atoms with van der Waals surface area (Å²) in [6, 6.07) is 12.1. The summed E-state index contributed by atoms with van der Waals surface area (Å²) in [4.78, 5) is 16.3. The van der Waals surface area contributed by atoms with E-state index in [9.17, 15) is 13.6 Å². The molecule has 2 aromatic rings. The molecule has 1 aliphatic heterocycles. The maximum Gasteiger partial charge on any atom is 0.273 e. The van der Waals surface area contributed by atoms with Crippen LogP contribution in [0, 0.1) is 23.1 Å². The van der Waals surface area contributed by atoms with Gasteiger partial charge in [0.2, 0.25) is 5.96 Å². The van der Waals surface area contributed by atoms with E-state index in [0.29, 0.717) is 5.56 Å². The Morgan fingerprint density at radius 3 is 2.76 bits per heavy atom. The van der Waals surface area contributed by atoms with Crippen molar-refractivity contribution in [3.63, 3.8) is 0 Å². The van der Waals surface area contributed by atoms with Crippen molar-refractivity contribution in [2.24, 2.45) is 15.8 Å². The molecule has 0 bridgehead atoms. The summed E-state index contributed by atoms with van der Waals surface area (Å²) < 4.78 is 33.7. The number of amides is 1. The van der Waals surface area contributed by atoms with Crippen molar-refractivity contribution < 1.29 is 18.3 Å². The minimum atomic E-state index is -1.14. The number of methoxy groups -OCH3 is 1. The fourth-order valence-electron chi connectivity index (χ4n) is 3.27. The highest BCUT2D eigenvalue weighted by Gasteiger charge is 2.49. The molecule has 172 valence electrons. The Hall–Kier alpha value is -3.49. The van der Waals surface area contributed by atoms with Crippen molar-refractivity contribution >= 4 is 28.7 Å². The number of nitrogens with two attached hydrogens (primary N) is 1. The Kier molecular flexibility index (Phi) is 7.63. The molecule has 0 aliphatic carbocycles. The number of nitrogens with zero attached hydrogens (tertiary/aromatic N) is 4. The predicted octanol–water partition coefficient (Wildman–Crippen LogP) is 2.87. The molecule has 2 aromatic carbocycles. The van der Waals surface area contributed by atoms with Gasteiger partial charge >= 0.3 is 0 Å². The third-order valence-electron chi connectivity index (χ3n) is 5.01. The number of benzene rings is 2. The van der Waals surface area contributed by atoms with Crippen molar-refractivity contribution in [2.45, 2.75) is 24.3 Å². The lowest BCUT2D eigenvalue weighted by molar-refractivity contribution is -0.144. The molecule has 3 rings (SSSR count). The number of nitriles is 1. The molecule has 0 spiro atoms. The van der Waals surface area contributed by atoms with Gasteiger partial charge < -0.3 is 10.5 Å². The molecule has 0 radical (unpaired) electrons. The number of nitrogens with one attached hydrogen (secondary N) is 1. The van der Waals surface area contributed by atoms with Crippen molar-refractivity contribution in [2.75, 3.05) is 13.7 Å². The summed E-state index contributed by atoms with van der Waals surface area (Å²) >= 11 is 1.11. The monoisotopic (exact) mass is 472 g/mol. The van der Waals surface area contributed by atoms with Crippen molar-refractivity contribution in [1.29, 1.82) is 5.26 Å². The highest BCUT2D eigenvalue weighted by molar-refractivity contribution is 8.15. The van der Waals surface area contributed by atoms with E-state index in [2.05, 4.69) is 15.4 Å². The van der Waals surface area contributed by atoms with E-state index in [4.69, 9.17) is 15.7 Å². The van der Waals surface area contributed by atoms with Gasteiger partial charge in [-0.1, -0.05) is 42.1 Å². The highest BCUT2D eigenvalue weighted by Crippen LogP contribution is 2.50. The van der Waals surface area contributed by atoms with Crippen LogP contribution >= 0.6 is 11.8 Å². The second kappa shape index (κ2) is 10.4. The smallest absolute Gasteiger partial charge is 0.273 e. The molecule has 2 atom stereocenters. The van der Waals surface area contributed by atoms with Gasteiger partial charge in [-0.15, -0.1) is 0 Å². The van der Waals surface area contributed by atoms with Crippen LogP contribution in [0.4, 0.5) is 8.78 Å². The second-order valence-corrected chi connectivity index (χ2v) is 8.33. The van der Waals surface area contributed by atoms with Crippen LogP contribution in [0.15, 0.2) is 58.6 Å². The van der Waals surface area contributed by atoms with Gasteiger partial charge in [-0.05, 0) is 30.7 Å². The van der Waals surface area contributed by atoms with Crippen molar-refractivity contribution in [3.8, 4) is 6.19 Å². The zero-order chi connectivity index (χ0) is 24.0.